The van der Waals surface area contributed by atoms with Crippen molar-refractivity contribution in [1.82, 2.24) is 0 Å². The lowest BCUT2D eigenvalue weighted by atomic mass is 10.0. The molecule has 4 nitrogen and oxygen atoms in total. The number of aryl methyl sites for hydroxylation is 1. The van der Waals surface area contributed by atoms with Crippen LogP contribution in [0.5, 0.6) is 5.75 Å². The van der Waals surface area contributed by atoms with Crippen LogP contribution < -0.4 is 10.1 Å². The van der Waals surface area contributed by atoms with Crippen molar-refractivity contribution in [3.63, 3.8) is 0 Å². The van der Waals surface area contributed by atoms with E-state index in [-0.39, 0.29) is 11.5 Å². The van der Waals surface area contributed by atoms with E-state index in [0.29, 0.717) is 6.42 Å². The van der Waals surface area contributed by atoms with Gasteiger partial charge in [-0.05, 0) is 31.4 Å². The van der Waals surface area contributed by atoms with Gasteiger partial charge in [0, 0.05) is 13.0 Å². The van der Waals surface area contributed by atoms with Crippen LogP contribution in [-0.4, -0.2) is 32.1 Å². The lowest BCUT2D eigenvalue weighted by Gasteiger charge is -2.28. The van der Waals surface area contributed by atoms with Gasteiger partial charge < -0.3 is 10.1 Å². The SMILES string of the molecule is CC1(Oc2cccc3c2NCCC3)CCS(=O)(=O)C1. The molecule has 0 spiro atoms. The molecule has 0 aromatic heterocycles. The maximum atomic E-state index is 11.6. The van der Waals surface area contributed by atoms with Crippen LogP contribution in [0.2, 0.25) is 0 Å². The molecular formula is C14H19NO3S. The number of hydrogen-bond acceptors (Lipinski definition) is 4. The summed E-state index contributed by atoms with van der Waals surface area (Å²) in [6, 6.07) is 6.00. The van der Waals surface area contributed by atoms with E-state index in [0.717, 1.165) is 30.8 Å². The third-order valence-electron chi connectivity index (χ3n) is 3.86. The Morgan fingerprint density at radius 2 is 2.21 bits per heavy atom. The lowest BCUT2D eigenvalue weighted by molar-refractivity contribution is 0.118. The summed E-state index contributed by atoms with van der Waals surface area (Å²) in [7, 11) is -2.94. The largest absolute Gasteiger partial charge is 0.484 e. The predicted molar refractivity (Wildman–Crippen MR) is 75.6 cm³/mol. The molecule has 1 N–H and O–H groups in total. The predicted octanol–water partition coefficient (Wildman–Crippen LogP) is 2.00. The fourth-order valence-electron chi connectivity index (χ4n) is 2.89. The summed E-state index contributed by atoms with van der Waals surface area (Å²) < 4.78 is 29.3. The zero-order chi connectivity index (χ0) is 13.5. The van der Waals surface area contributed by atoms with Crippen molar-refractivity contribution in [2.45, 2.75) is 31.8 Å². The molecule has 2 heterocycles. The van der Waals surface area contributed by atoms with E-state index in [1.807, 2.05) is 19.1 Å². The van der Waals surface area contributed by atoms with Gasteiger partial charge in [0.15, 0.2) is 9.84 Å². The first-order valence-corrected chi connectivity index (χ1v) is 8.55. The summed E-state index contributed by atoms with van der Waals surface area (Å²) in [5, 5.41) is 3.37. The van der Waals surface area contributed by atoms with Gasteiger partial charge in [-0.3, -0.25) is 0 Å². The molecule has 104 valence electrons. The van der Waals surface area contributed by atoms with Gasteiger partial charge in [0.2, 0.25) is 0 Å². The molecule has 2 aliphatic rings. The Kier molecular flexibility index (Phi) is 2.96. The third-order valence-corrected chi connectivity index (χ3v) is 5.74. The highest BCUT2D eigenvalue weighted by atomic mass is 32.2. The van der Waals surface area contributed by atoms with Crippen LogP contribution in [0.1, 0.15) is 25.3 Å². The van der Waals surface area contributed by atoms with Gasteiger partial charge in [-0.15, -0.1) is 0 Å². The minimum absolute atomic E-state index is 0.115. The van der Waals surface area contributed by atoms with Crippen molar-refractivity contribution in [2.75, 3.05) is 23.4 Å². The van der Waals surface area contributed by atoms with E-state index in [4.69, 9.17) is 4.74 Å². The van der Waals surface area contributed by atoms with Gasteiger partial charge in [-0.2, -0.15) is 0 Å². The summed E-state index contributed by atoms with van der Waals surface area (Å²) in [5.41, 5.74) is 1.71. The lowest BCUT2D eigenvalue weighted by Crippen LogP contribution is -2.34. The first-order chi connectivity index (χ1) is 8.98. The van der Waals surface area contributed by atoms with Gasteiger partial charge in [-0.1, -0.05) is 12.1 Å². The molecule has 1 saturated heterocycles. The zero-order valence-corrected chi connectivity index (χ0v) is 11.9. The standard InChI is InChI=1S/C14H19NO3S/c1-14(7-9-19(16,17)10-14)18-12-6-2-4-11-5-3-8-15-13(11)12/h2,4,6,15H,3,5,7-10H2,1H3. The van der Waals surface area contributed by atoms with Crippen molar-refractivity contribution < 1.29 is 13.2 Å². The second-order valence-corrected chi connectivity index (χ2v) is 7.90. The Hall–Kier alpha value is -1.23. The number of anilines is 1. The second kappa shape index (κ2) is 4.40. The number of rotatable bonds is 2. The average molecular weight is 281 g/mol. The van der Waals surface area contributed by atoms with E-state index in [1.165, 1.54) is 5.56 Å². The van der Waals surface area contributed by atoms with Crippen LogP contribution in [0.4, 0.5) is 5.69 Å². The van der Waals surface area contributed by atoms with E-state index < -0.39 is 15.4 Å². The van der Waals surface area contributed by atoms with Gasteiger partial charge in [0.05, 0.1) is 17.2 Å². The van der Waals surface area contributed by atoms with Gasteiger partial charge in [0.25, 0.3) is 0 Å². The highest BCUT2D eigenvalue weighted by Crippen LogP contribution is 2.37. The molecule has 1 unspecified atom stereocenters. The first kappa shape index (κ1) is 12.8. The Morgan fingerprint density at radius 1 is 1.37 bits per heavy atom. The average Bonchev–Trinajstić information content (AvgIpc) is 2.64. The van der Waals surface area contributed by atoms with Crippen LogP contribution in [0.25, 0.3) is 0 Å². The van der Waals surface area contributed by atoms with E-state index >= 15 is 0 Å². The monoisotopic (exact) mass is 281 g/mol. The van der Waals surface area contributed by atoms with Crippen LogP contribution in [0, 0.1) is 0 Å². The molecule has 1 fully saturated rings. The minimum Gasteiger partial charge on any atom is -0.484 e. The van der Waals surface area contributed by atoms with E-state index in [2.05, 4.69) is 11.4 Å². The number of fused-ring (bicyclic) bond motifs is 1. The van der Waals surface area contributed by atoms with E-state index in [1.54, 1.807) is 0 Å². The van der Waals surface area contributed by atoms with Crippen LogP contribution in [-0.2, 0) is 16.3 Å². The van der Waals surface area contributed by atoms with Crippen LogP contribution in [0.3, 0.4) is 0 Å². The molecule has 2 aliphatic heterocycles. The fraction of sp³-hybridized carbons (Fsp3) is 0.571. The van der Waals surface area contributed by atoms with Crippen molar-refractivity contribution >= 4 is 15.5 Å². The van der Waals surface area contributed by atoms with Crippen LogP contribution in [0.15, 0.2) is 18.2 Å². The number of benzene rings is 1. The molecule has 1 aromatic rings. The normalized spacial score (nSPS) is 28.5. The highest BCUT2D eigenvalue weighted by molar-refractivity contribution is 7.91. The number of nitrogens with one attached hydrogen (secondary N) is 1. The topological polar surface area (TPSA) is 55.4 Å². The molecule has 0 radical (unpaired) electrons. The maximum absolute atomic E-state index is 11.6. The number of hydrogen-bond donors (Lipinski definition) is 1. The van der Waals surface area contributed by atoms with Crippen molar-refractivity contribution in [3.05, 3.63) is 23.8 Å². The molecule has 1 aromatic carbocycles. The van der Waals surface area contributed by atoms with Crippen molar-refractivity contribution in [2.24, 2.45) is 0 Å². The molecule has 19 heavy (non-hydrogen) atoms. The van der Waals surface area contributed by atoms with Crippen molar-refractivity contribution in [1.29, 1.82) is 0 Å². The fourth-order valence-corrected chi connectivity index (χ4v) is 4.91. The molecule has 1 atom stereocenters. The molecule has 0 aliphatic carbocycles. The molecule has 3 rings (SSSR count). The molecular weight excluding hydrogens is 262 g/mol. The van der Waals surface area contributed by atoms with Gasteiger partial charge in [0.1, 0.15) is 11.4 Å². The second-order valence-electron chi connectivity index (χ2n) is 5.71. The molecule has 0 amide bonds. The first-order valence-electron chi connectivity index (χ1n) is 6.73. The zero-order valence-electron chi connectivity index (χ0n) is 11.1. The third kappa shape index (κ3) is 2.56. The molecule has 0 bridgehead atoms. The van der Waals surface area contributed by atoms with Gasteiger partial charge in [-0.25, -0.2) is 8.42 Å². The summed E-state index contributed by atoms with van der Waals surface area (Å²) in [6.07, 6.45) is 2.75. The Morgan fingerprint density at radius 3 is 2.95 bits per heavy atom. The Bertz CT molecular complexity index is 597. The smallest absolute Gasteiger partial charge is 0.154 e. The number of ether oxygens (including phenoxy) is 1. The van der Waals surface area contributed by atoms with Gasteiger partial charge >= 0.3 is 0 Å². The minimum atomic E-state index is -2.94. The van der Waals surface area contributed by atoms with Crippen molar-refractivity contribution in [3.8, 4) is 5.75 Å². The molecule has 5 heteroatoms. The van der Waals surface area contributed by atoms with E-state index in [9.17, 15) is 8.42 Å². The quantitative estimate of drug-likeness (QED) is 0.901. The number of para-hydroxylation sites is 1. The summed E-state index contributed by atoms with van der Waals surface area (Å²) in [6.45, 7) is 2.84. The maximum Gasteiger partial charge on any atom is 0.154 e. The summed E-state index contributed by atoms with van der Waals surface area (Å²) >= 11 is 0. The summed E-state index contributed by atoms with van der Waals surface area (Å²) in [4.78, 5) is 0. The van der Waals surface area contributed by atoms with Crippen LogP contribution >= 0.6 is 0 Å². The highest BCUT2D eigenvalue weighted by Gasteiger charge is 2.40. The number of sulfone groups is 1. The summed E-state index contributed by atoms with van der Waals surface area (Å²) in [5.74, 6) is 1.13. The molecule has 0 saturated carbocycles. The Labute approximate surface area is 114 Å². The Balaban J connectivity index is 1.88.